The largest absolute Gasteiger partial charge is 0.480 e. The van der Waals surface area contributed by atoms with Crippen molar-refractivity contribution in [1.82, 2.24) is 14.8 Å². The monoisotopic (exact) mass is 508 g/mol. The minimum absolute atomic E-state index is 0.0730. The number of ether oxygens (including phenoxy) is 1. The second kappa shape index (κ2) is 8.61. The third kappa shape index (κ3) is 5.77. The number of aliphatic hydroxyl groups excluding tert-OH is 2. The zero-order valence-corrected chi connectivity index (χ0v) is 17.9. The molecule has 2 aliphatic rings. The predicted octanol–water partition coefficient (Wildman–Crippen LogP) is -2.39. The van der Waals surface area contributed by atoms with Crippen LogP contribution in [-0.2, 0) is 27.3 Å². The molecule has 31 heavy (non-hydrogen) atoms. The molecule has 0 spiro atoms. The van der Waals surface area contributed by atoms with Crippen molar-refractivity contribution in [3.63, 3.8) is 0 Å². The number of phosphoric ester groups is 1. The first-order valence-electron chi connectivity index (χ1n) is 8.18. The van der Waals surface area contributed by atoms with Gasteiger partial charge in [-0.05, 0) is 0 Å². The Balaban J connectivity index is 1.64. The van der Waals surface area contributed by atoms with E-state index in [1.54, 1.807) is 0 Å². The lowest BCUT2D eigenvalue weighted by atomic mass is 10.1. The zero-order valence-electron chi connectivity index (χ0n) is 15.2. The Morgan fingerprint density at radius 1 is 1.23 bits per heavy atom. The number of phosphoric acid groups is 1. The molecule has 0 aromatic carbocycles. The number of nitrogens with zero attached hydrogens (tertiary/aromatic N) is 3. The molecule has 2 unspecified atom stereocenters. The highest BCUT2D eigenvalue weighted by Gasteiger charge is 2.49. The van der Waals surface area contributed by atoms with Crippen molar-refractivity contribution in [2.75, 3.05) is 29.2 Å². The fourth-order valence-electron chi connectivity index (χ4n) is 2.86. The molecule has 21 heteroatoms. The Bertz CT molecular complexity index is 976. The first-order valence-corrected chi connectivity index (χ1v) is 12.9. The van der Waals surface area contributed by atoms with E-state index in [1.165, 1.54) is 11.2 Å². The number of aliphatic hydroxyl groups is 2. The Morgan fingerprint density at radius 2 is 1.90 bits per heavy atom. The molecule has 0 saturated carbocycles. The van der Waals surface area contributed by atoms with Gasteiger partial charge in [0.05, 0.1) is 13.3 Å². The van der Waals surface area contributed by atoms with Crippen molar-refractivity contribution in [2.45, 2.75) is 24.5 Å². The fourth-order valence-corrected chi connectivity index (χ4v) is 6.30. The Kier molecular flexibility index (Phi) is 6.78. The molecule has 3 heterocycles. The summed E-state index contributed by atoms with van der Waals surface area (Å²) in [4.78, 5) is 46.0. The van der Waals surface area contributed by atoms with Crippen molar-refractivity contribution < 1.29 is 57.1 Å². The van der Waals surface area contributed by atoms with E-state index in [1.807, 2.05) is 0 Å². The van der Waals surface area contributed by atoms with Crippen molar-refractivity contribution in [3.05, 3.63) is 6.33 Å². The van der Waals surface area contributed by atoms with Crippen LogP contribution >= 0.6 is 23.3 Å². The lowest BCUT2D eigenvalue weighted by Gasteiger charge is -2.26. The second-order valence-electron chi connectivity index (χ2n) is 6.32. The number of nitrogens with two attached hydrogens (primary N) is 1. The summed E-state index contributed by atoms with van der Waals surface area (Å²) in [5.41, 5.74) is 6.10. The smallest absolute Gasteiger partial charge is 0.387 e. The van der Waals surface area contributed by atoms with Gasteiger partial charge in [-0.15, -0.1) is 4.86 Å². The maximum Gasteiger partial charge on any atom is 0.480 e. The van der Waals surface area contributed by atoms with Gasteiger partial charge in [0.2, 0.25) is 0 Å². The normalized spacial score (nSPS) is 29.8. The van der Waals surface area contributed by atoms with Gasteiger partial charge in [-0.2, -0.15) is 4.31 Å². The van der Waals surface area contributed by atoms with Crippen LogP contribution in [0.25, 0.3) is 0 Å². The number of anilines is 3. The van der Waals surface area contributed by atoms with E-state index in [-0.39, 0.29) is 18.3 Å². The first kappa shape index (κ1) is 24.4. The second-order valence-corrected chi connectivity index (χ2v) is 11.1. The van der Waals surface area contributed by atoms with E-state index >= 15 is 0 Å². The van der Waals surface area contributed by atoms with Crippen molar-refractivity contribution in [2.24, 2.45) is 0 Å². The number of hydrogen-bond acceptors (Lipinski definition) is 13. The van der Waals surface area contributed by atoms with Gasteiger partial charge in [-0.25, -0.2) is 23.7 Å². The Hall–Kier alpha value is -1.23. The van der Waals surface area contributed by atoms with Crippen molar-refractivity contribution >= 4 is 40.6 Å². The molecule has 10 N–H and O–H groups in total. The summed E-state index contributed by atoms with van der Waals surface area (Å²) >= 11 is 0. The van der Waals surface area contributed by atoms with E-state index < -0.39 is 54.5 Å². The lowest BCUT2D eigenvalue weighted by Crippen LogP contribution is -2.44. The molecule has 3 rings (SSSR count). The summed E-state index contributed by atoms with van der Waals surface area (Å²) in [6.07, 6.45) is -4.57. The summed E-state index contributed by atoms with van der Waals surface area (Å²) in [7, 11) is -16.1. The molecule has 2 aliphatic heterocycles. The highest BCUT2D eigenvalue weighted by Crippen LogP contribution is 2.61. The Labute approximate surface area is 173 Å². The van der Waals surface area contributed by atoms with Crippen LogP contribution in [-0.4, -0.2) is 77.6 Å². The van der Waals surface area contributed by atoms with Crippen LogP contribution in [0.4, 0.5) is 17.3 Å². The van der Waals surface area contributed by atoms with Crippen molar-refractivity contribution in [3.8, 4) is 0 Å². The summed E-state index contributed by atoms with van der Waals surface area (Å²) in [5.74, 6) is 0.405. The van der Waals surface area contributed by atoms with Gasteiger partial charge < -0.3 is 50.5 Å². The molecule has 18 nitrogen and oxygen atoms in total. The molecule has 176 valence electrons. The Morgan fingerprint density at radius 3 is 2.55 bits per heavy atom. The summed E-state index contributed by atoms with van der Waals surface area (Å²) < 4.78 is 47.8. The molecule has 1 aromatic heterocycles. The highest BCUT2D eigenvalue weighted by molar-refractivity contribution is 7.70. The summed E-state index contributed by atoms with van der Waals surface area (Å²) in [6.45, 7) is -0.831. The number of nitrogens with one attached hydrogen (secondary N) is 2. The van der Waals surface area contributed by atoms with Crippen LogP contribution in [0.15, 0.2) is 6.33 Å². The maximum absolute atomic E-state index is 11.8. The lowest BCUT2D eigenvalue weighted by molar-refractivity contribution is -0.0212. The van der Waals surface area contributed by atoms with Gasteiger partial charge in [0.15, 0.2) is 17.9 Å². The first-order chi connectivity index (χ1) is 14.2. The molecule has 6 atom stereocenters. The van der Waals surface area contributed by atoms with Gasteiger partial charge in [0.1, 0.15) is 30.3 Å². The van der Waals surface area contributed by atoms with Crippen LogP contribution in [0.5, 0.6) is 0 Å². The summed E-state index contributed by atoms with van der Waals surface area (Å²) in [6, 6.07) is 0. The molecular formula is C10H19N6O12P3. The van der Waals surface area contributed by atoms with Gasteiger partial charge in [-0.3, -0.25) is 4.52 Å². The van der Waals surface area contributed by atoms with Crippen LogP contribution in [0.3, 0.4) is 0 Å². The maximum atomic E-state index is 11.8. The molecule has 1 fully saturated rings. The van der Waals surface area contributed by atoms with Gasteiger partial charge >= 0.3 is 23.3 Å². The van der Waals surface area contributed by atoms with Gasteiger partial charge in [-0.1, -0.05) is 0 Å². The van der Waals surface area contributed by atoms with Crippen LogP contribution < -0.4 is 20.8 Å². The van der Waals surface area contributed by atoms with Crippen LogP contribution in [0.1, 0.15) is 0 Å². The van der Waals surface area contributed by atoms with E-state index in [0.29, 0.717) is 5.69 Å². The number of aromatic nitrogens is 2. The average Bonchev–Trinajstić information content (AvgIpc) is 3.13. The third-order valence-corrected chi connectivity index (χ3v) is 8.31. The number of hydrogen-bond donors (Lipinski definition) is 9. The molecular weight excluding hydrogens is 489 g/mol. The third-order valence-electron chi connectivity index (χ3n) is 4.07. The average molecular weight is 508 g/mol. The molecule has 1 saturated heterocycles. The minimum atomic E-state index is -5.44. The number of nitrogen functional groups attached to an aromatic ring is 1. The van der Waals surface area contributed by atoms with E-state index in [4.69, 9.17) is 20.3 Å². The molecule has 1 aromatic rings. The van der Waals surface area contributed by atoms with E-state index in [0.717, 1.165) is 4.86 Å². The van der Waals surface area contributed by atoms with Gasteiger partial charge in [0, 0.05) is 0 Å². The zero-order chi connectivity index (χ0) is 23.2. The minimum Gasteiger partial charge on any atom is -0.387 e. The summed E-state index contributed by atoms with van der Waals surface area (Å²) in [5, 5.41) is 23.4. The van der Waals surface area contributed by atoms with Crippen LogP contribution in [0.2, 0.25) is 0 Å². The SMILES string of the molecule is Nc1ncnc2c1NCN2[C@@H]1O[C@H](COP(=O)(O)OP(=O)(O)NP(=O)(O)O)[C@@H](O)[C@H]1O. The van der Waals surface area contributed by atoms with Gasteiger partial charge in [0.25, 0.3) is 0 Å². The van der Waals surface area contributed by atoms with E-state index in [2.05, 4.69) is 24.1 Å². The fraction of sp³-hybridized carbons (Fsp3) is 0.600. The number of rotatable bonds is 8. The molecule has 0 amide bonds. The number of fused-ring (bicyclic) bond motifs is 1. The molecule has 0 bridgehead atoms. The highest BCUT2D eigenvalue weighted by atomic mass is 31.3. The molecule has 0 aliphatic carbocycles. The quantitative estimate of drug-likeness (QED) is 0.166. The van der Waals surface area contributed by atoms with Crippen molar-refractivity contribution in [1.29, 1.82) is 0 Å². The van der Waals surface area contributed by atoms with E-state index in [9.17, 15) is 33.7 Å². The topological polar surface area (TPSA) is 279 Å². The predicted molar refractivity (Wildman–Crippen MR) is 100.0 cm³/mol. The molecule has 0 radical (unpaired) electrons. The standard InChI is InChI=1S/C10H19N6O12P3/c11-8-5-9(13-2-12-8)16(3-14-5)10-7(18)6(17)4(27-10)1-26-31(24,25)28-30(22,23)15-29(19,20)21/h2,4,6-7,10,14,17-18H,1,3H2,(H,24,25)(H2,11,12,13)(H4,15,19,20,21,22,23)/t4-,6-,7-,10-/m1/s1. The van der Waals surface area contributed by atoms with Crippen LogP contribution in [0, 0.1) is 0 Å².